The van der Waals surface area contributed by atoms with E-state index in [4.69, 9.17) is 0 Å². The van der Waals surface area contributed by atoms with Gasteiger partial charge in [-0.1, -0.05) is 18.2 Å². The Balaban J connectivity index is 1.80. The number of carbonyl (C=O) groups excluding carboxylic acids is 1. The van der Waals surface area contributed by atoms with Gasteiger partial charge < -0.3 is 9.47 Å². The maximum absolute atomic E-state index is 12.5. The predicted octanol–water partition coefficient (Wildman–Crippen LogP) is 1.67. The second kappa shape index (κ2) is 6.07. The van der Waals surface area contributed by atoms with Crippen molar-refractivity contribution >= 4 is 15.9 Å². The summed E-state index contributed by atoms with van der Waals surface area (Å²) in [5.41, 5.74) is 3.61. The van der Waals surface area contributed by atoms with Gasteiger partial charge in [-0.15, -0.1) is 0 Å². The van der Waals surface area contributed by atoms with Gasteiger partial charge in [-0.25, -0.2) is 13.1 Å². The summed E-state index contributed by atoms with van der Waals surface area (Å²) < 4.78 is 29.3. The van der Waals surface area contributed by atoms with Gasteiger partial charge in [0.2, 0.25) is 10.0 Å². The summed E-state index contributed by atoms with van der Waals surface area (Å²) in [6, 6.07) is 7.31. The number of likely N-dealkylation sites (N-methyl/N-ethyl adjacent to an activating group) is 1. The van der Waals surface area contributed by atoms with Crippen LogP contribution in [0, 0.1) is 13.8 Å². The Bertz CT molecular complexity index is 900. The number of carbonyl (C=O) groups is 1. The topological polar surface area (TPSA) is 71.4 Å². The second-order valence-corrected chi connectivity index (χ2v) is 7.99. The highest BCUT2D eigenvalue weighted by Gasteiger charge is 2.26. The fourth-order valence-electron chi connectivity index (χ4n) is 2.72. The Morgan fingerprint density at radius 2 is 1.88 bits per heavy atom. The SMILES string of the molecule is Cc1ccc(CNS(=O)(=O)c2cc3n(c2)CCN(C)C3=O)cc1C. The molecule has 1 amide bonds. The van der Waals surface area contributed by atoms with Gasteiger partial charge >= 0.3 is 0 Å². The van der Waals surface area contributed by atoms with E-state index in [0.29, 0.717) is 18.8 Å². The van der Waals surface area contributed by atoms with Gasteiger partial charge in [-0.3, -0.25) is 4.79 Å². The van der Waals surface area contributed by atoms with Crippen LogP contribution in [0.25, 0.3) is 0 Å². The maximum Gasteiger partial charge on any atom is 0.270 e. The van der Waals surface area contributed by atoms with Crippen molar-refractivity contribution < 1.29 is 13.2 Å². The Hall–Kier alpha value is -2.12. The lowest BCUT2D eigenvalue weighted by molar-refractivity contribution is 0.0749. The molecule has 2 aromatic rings. The Kier molecular flexibility index (Phi) is 4.23. The van der Waals surface area contributed by atoms with Crippen molar-refractivity contribution in [2.45, 2.75) is 31.8 Å². The van der Waals surface area contributed by atoms with Crippen LogP contribution in [0.15, 0.2) is 35.4 Å². The molecule has 0 fully saturated rings. The first-order valence-corrected chi connectivity index (χ1v) is 9.28. The number of aryl methyl sites for hydroxylation is 2. The van der Waals surface area contributed by atoms with E-state index in [1.165, 1.54) is 17.8 Å². The predicted molar refractivity (Wildman–Crippen MR) is 91.3 cm³/mol. The smallest absolute Gasteiger partial charge is 0.270 e. The molecule has 24 heavy (non-hydrogen) atoms. The monoisotopic (exact) mass is 347 g/mol. The molecule has 1 aliphatic heterocycles. The van der Waals surface area contributed by atoms with Crippen LogP contribution in [0.2, 0.25) is 0 Å². The molecule has 0 unspecified atom stereocenters. The molecule has 0 saturated carbocycles. The van der Waals surface area contributed by atoms with E-state index in [2.05, 4.69) is 4.72 Å². The van der Waals surface area contributed by atoms with Crippen molar-refractivity contribution in [1.82, 2.24) is 14.2 Å². The minimum absolute atomic E-state index is 0.130. The summed E-state index contributed by atoms with van der Waals surface area (Å²) in [6.07, 6.45) is 1.53. The van der Waals surface area contributed by atoms with Crippen molar-refractivity contribution in [3.63, 3.8) is 0 Å². The molecular formula is C17H21N3O3S. The third-order valence-corrected chi connectivity index (χ3v) is 5.83. The summed E-state index contributed by atoms with van der Waals surface area (Å²) >= 11 is 0. The van der Waals surface area contributed by atoms with Crippen molar-refractivity contribution in [3.05, 3.63) is 52.8 Å². The zero-order valence-electron chi connectivity index (χ0n) is 14.0. The van der Waals surface area contributed by atoms with E-state index >= 15 is 0 Å². The Labute approximate surface area is 142 Å². The fourth-order valence-corrected chi connectivity index (χ4v) is 3.78. The van der Waals surface area contributed by atoms with E-state index in [1.807, 2.05) is 32.0 Å². The summed E-state index contributed by atoms with van der Waals surface area (Å²) in [4.78, 5) is 13.8. The molecular weight excluding hydrogens is 326 g/mol. The molecule has 0 spiro atoms. The van der Waals surface area contributed by atoms with Gasteiger partial charge in [-0.05, 0) is 36.6 Å². The molecule has 0 bridgehead atoms. The number of hydrogen-bond acceptors (Lipinski definition) is 3. The van der Waals surface area contributed by atoms with E-state index in [1.54, 1.807) is 16.5 Å². The molecule has 3 rings (SSSR count). The number of nitrogens with one attached hydrogen (secondary N) is 1. The van der Waals surface area contributed by atoms with Gasteiger partial charge in [0, 0.05) is 32.9 Å². The first-order valence-electron chi connectivity index (χ1n) is 7.79. The van der Waals surface area contributed by atoms with Crippen molar-refractivity contribution in [1.29, 1.82) is 0 Å². The standard InChI is InChI=1S/C17H21N3O3S/c1-12-4-5-14(8-13(12)2)10-18-24(22,23)15-9-16-17(21)19(3)6-7-20(16)11-15/h4-5,8-9,11,18H,6-7,10H2,1-3H3. The number of sulfonamides is 1. The maximum atomic E-state index is 12.5. The molecule has 0 atom stereocenters. The zero-order chi connectivity index (χ0) is 17.5. The third kappa shape index (κ3) is 3.09. The number of aromatic nitrogens is 1. The molecule has 128 valence electrons. The molecule has 7 heteroatoms. The average molecular weight is 347 g/mol. The van der Waals surface area contributed by atoms with Crippen LogP contribution in [-0.4, -0.2) is 37.4 Å². The molecule has 1 aromatic heterocycles. The highest BCUT2D eigenvalue weighted by Crippen LogP contribution is 2.19. The molecule has 6 nitrogen and oxygen atoms in total. The number of hydrogen-bond donors (Lipinski definition) is 1. The summed E-state index contributed by atoms with van der Waals surface area (Å²) in [5.74, 6) is -0.156. The fraction of sp³-hybridized carbons (Fsp3) is 0.353. The van der Waals surface area contributed by atoms with Crippen LogP contribution in [0.4, 0.5) is 0 Å². The number of rotatable bonds is 4. The molecule has 2 heterocycles. The van der Waals surface area contributed by atoms with Gasteiger partial charge in [0.25, 0.3) is 5.91 Å². The largest absolute Gasteiger partial charge is 0.340 e. The lowest BCUT2D eigenvalue weighted by Crippen LogP contribution is -2.36. The molecule has 1 N–H and O–H groups in total. The lowest BCUT2D eigenvalue weighted by Gasteiger charge is -2.23. The average Bonchev–Trinajstić information content (AvgIpc) is 2.98. The first kappa shape index (κ1) is 16.7. The summed E-state index contributed by atoms with van der Waals surface area (Å²) in [7, 11) is -1.94. The van der Waals surface area contributed by atoms with Gasteiger partial charge in [0.1, 0.15) is 10.6 Å². The Morgan fingerprint density at radius 1 is 1.12 bits per heavy atom. The zero-order valence-corrected chi connectivity index (χ0v) is 14.9. The molecule has 1 aliphatic rings. The minimum atomic E-state index is -3.66. The minimum Gasteiger partial charge on any atom is -0.340 e. The molecule has 0 radical (unpaired) electrons. The quantitative estimate of drug-likeness (QED) is 0.914. The van der Waals surface area contributed by atoms with Crippen molar-refractivity contribution in [3.8, 4) is 0 Å². The molecule has 1 aromatic carbocycles. The number of nitrogens with zero attached hydrogens (tertiary/aromatic N) is 2. The van der Waals surface area contributed by atoms with E-state index in [-0.39, 0.29) is 17.3 Å². The van der Waals surface area contributed by atoms with Crippen molar-refractivity contribution in [2.24, 2.45) is 0 Å². The van der Waals surface area contributed by atoms with E-state index < -0.39 is 10.0 Å². The van der Waals surface area contributed by atoms with Gasteiger partial charge in [0.15, 0.2) is 0 Å². The van der Waals surface area contributed by atoms with Gasteiger partial charge in [0.05, 0.1) is 0 Å². The molecule has 0 saturated heterocycles. The number of benzene rings is 1. The van der Waals surface area contributed by atoms with Crippen LogP contribution >= 0.6 is 0 Å². The molecule has 0 aliphatic carbocycles. The number of amides is 1. The second-order valence-electron chi connectivity index (χ2n) is 6.22. The van der Waals surface area contributed by atoms with E-state index in [9.17, 15) is 13.2 Å². The van der Waals surface area contributed by atoms with Crippen molar-refractivity contribution in [2.75, 3.05) is 13.6 Å². The highest BCUT2D eigenvalue weighted by molar-refractivity contribution is 7.89. The highest BCUT2D eigenvalue weighted by atomic mass is 32.2. The van der Waals surface area contributed by atoms with Crippen LogP contribution in [0.1, 0.15) is 27.2 Å². The first-order chi connectivity index (χ1) is 11.3. The lowest BCUT2D eigenvalue weighted by atomic mass is 10.1. The summed E-state index contributed by atoms with van der Waals surface area (Å²) in [6.45, 7) is 5.42. The third-order valence-electron chi connectivity index (χ3n) is 4.46. The van der Waals surface area contributed by atoms with Crippen LogP contribution < -0.4 is 4.72 Å². The van der Waals surface area contributed by atoms with Crippen LogP contribution in [0.5, 0.6) is 0 Å². The normalized spacial score (nSPS) is 14.8. The Morgan fingerprint density at radius 3 is 2.58 bits per heavy atom. The van der Waals surface area contributed by atoms with Crippen LogP contribution in [-0.2, 0) is 23.1 Å². The van der Waals surface area contributed by atoms with Crippen LogP contribution in [0.3, 0.4) is 0 Å². The van der Waals surface area contributed by atoms with Gasteiger partial charge in [-0.2, -0.15) is 0 Å². The number of fused-ring (bicyclic) bond motifs is 1. The summed E-state index contributed by atoms with van der Waals surface area (Å²) in [5, 5.41) is 0. The van der Waals surface area contributed by atoms with E-state index in [0.717, 1.165) is 11.1 Å².